The third-order valence-corrected chi connectivity index (χ3v) is 7.18. The molecule has 0 bridgehead atoms. The van der Waals surface area contributed by atoms with E-state index in [4.69, 9.17) is 26.4 Å². The summed E-state index contributed by atoms with van der Waals surface area (Å²) in [6.45, 7) is 4.27. The molecule has 1 aliphatic heterocycles. The fraction of sp³-hybridized carbons (Fsp3) is 0.241. The highest BCUT2D eigenvalue weighted by Crippen LogP contribution is 2.46. The smallest absolute Gasteiger partial charge is 0.174 e. The molecule has 4 aromatic rings. The van der Waals surface area contributed by atoms with Crippen LogP contribution in [0.4, 0.5) is 5.69 Å². The molecule has 5 rings (SSSR count). The summed E-state index contributed by atoms with van der Waals surface area (Å²) in [5, 5.41) is 4.15. The molecule has 2 atom stereocenters. The van der Waals surface area contributed by atoms with Crippen LogP contribution in [0.3, 0.4) is 0 Å². The molecule has 0 unspecified atom stereocenters. The van der Waals surface area contributed by atoms with Gasteiger partial charge in [0.2, 0.25) is 0 Å². The van der Waals surface area contributed by atoms with Crippen molar-refractivity contribution in [3.63, 3.8) is 0 Å². The lowest BCUT2D eigenvalue weighted by molar-refractivity contribution is 0.394. The molecule has 1 aliphatic rings. The lowest BCUT2D eigenvalue weighted by Gasteiger charge is -2.29. The summed E-state index contributed by atoms with van der Waals surface area (Å²) in [5.41, 5.74) is 6.24. The van der Waals surface area contributed by atoms with Gasteiger partial charge >= 0.3 is 0 Å². The van der Waals surface area contributed by atoms with Crippen LogP contribution in [-0.2, 0) is 0 Å². The Morgan fingerprint density at radius 2 is 1.59 bits per heavy atom. The van der Waals surface area contributed by atoms with Crippen LogP contribution < -0.4 is 24.4 Å². The summed E-state index contributed by atoms with van der Waals surface area (Å²) in [6, 6.07) is 21.8. The van der Waals surface area contributed by atoms with Gasteiger partial charge in [0.05, 0.1) is 44.8 Å². The number of methoxy groups -OCH3 is 3. The summed E-state index contributed by atoms with van der Waals surface area (Å²) in [4.78, 5) is 6.82. The Labute approximate surface area is 222 Å². The van der Waals surface area contributed by atoms with Crippen molar-refractivity contribution in [3.05, 3.63) is 95.6 Å². The number of aryl methyl sites for hydroxylation is 1. The Morgan fingerprint density at radius 1 is 0.865 bits per heavy atom. The van der Waals surface area contributed by atoms with Gasteiger partial charge in [0, 0.05) is 29.3 Å². The minimum Gasteiger partial charge on any atom is -0.497 e. The largest absolute Gasteiger partial charge is 0.497 e. The molecule has 7 nitrogen and oxygen atoms in total. The molecule has 37 heavy (non-hydrogen) atoms. The van der Waals surface area contributed by atoms with Crippen molar-refractivity contribution >= 4 is 23.0 Å². The third-order valence-electron chi connectivity index (χ3n) is 6.86. The zero-order valence-electron chi connectivity index (χ0n) is 21.6. The van der Waals surface area contributed by atoms with Crippen LogP contribution in [-0.4, -0.2) is 36.0 Å². The second-order valence-corrected chi connectivity index (χ2v) is 9.28. The van der Waals surface area contributed by atoms with Crippen LogP contribution in [0.2, 0.25) is 0 Å². The highest BCUT2D eigenvalue weighted by Gasteiger charge is 2.43. The fourth-order valence-corrected chi connectivity index (χ4v) is 5.47. The van der Waals surface area contributed by atoms with Gasteiger partial charge in [-0.2, -0.15) is 0 Å². The predicted octanol–water partition coefficient (Wildman–Crippen LogP) is 5.69. The van der Waals surface area contributed by atoms with Gasteiger partial charge in [-0.15, -0.1) is 0 Å². The molecule has 1 saturated heterocycles. The maximum atomic E-state index is 5.93. The van der Waals surface area contributed by atoms with E-state index in [1.54, 1.807) is 21.3 Å². The van der Waals surface area contributed by atoms with Gasteiger partial charge in [0.15, 0.2) is 5.11 Å². The molecule has 1 N–H and O–H groups in total. The summed E-state index contributed by atoms with van der Waals surface area (Å²) in [5.74, 6) is 2.22. The van der Waals surface area contributed by atoms with E-state index < -0.39 is 0 Å². The van der Waals surface area contributed by atoms with Crippen molar-refractivity contribution in [2.75, 3.05) is 26.2 Å². The molecule has 3 heterocycles. The summed E-state index contributed by atoms with van der Waals surface area (Å²) >= 11 is 5.93. The number of nitrogens with one attached hydrogen (secondary N) is 1. The van der Waals surface area contributed by atoms with Crippen molar-refractivity contribution in [2.24, 2.45) is 0 Å². The lowest BCUT2D eigenvalue weighted by Crippen LogP contribution is -2.30. The van der Waals surface area contributed by atoms with Gasteiger partial charge in [-0.25, -0.2) is 0 Å². The number of pyridine rings is 1. The molecule has 0 amide bonds. The Kier molecular flexibility index (Phi) is 6.76. The maximum Gasteiger partial charge on any atom is 0.174 e. The molecule has 190 valence electrons. The summed E-state index contributed by atoms with van der Waals surface area (Å²) in [6.07, 6.45) is 1.81. The van der Waals surface area contributed by atoms with E-state index in [9.17, 15) is 0 Å². The molecule has 2 aromatic carbocycles. The number of benzene rings is 2. The average molecular weight is 515 g/mol. The van der Waals surface area contributed by atoms with Crippen molar-refractivity contribution in [1.29, 1.82) is 0 Å². The van der Waals surface area contributed by atoms with Gasteiger partial charge < -0.3 is 29.0 Å². The second-order valence-electron chi connectivity index (χ2n) is 8.89. The van der Waals surface area contributed by atoms with Crippen molar-refractivity contribution in [2.45, 2.75) is 25.9 Å². The van der Waals surface area contributed by atoms with Crippen LogP contribution in [0.25, 0.3) is 5.69 Å². The van der Waals surface area contributed by atoms with Crippen molar-refractivity contribution in [1.82, 2.24) is 14.9 Å². The van der Waals surface area contributed by atoms with Crippen molar-refractivity contribution in [3.8, 4) is 22.9 Å². The molecular formula is C29H30N4O3S. The number of nitrogens with zero attached hydrogens (tertiary/aromatic N) is 3. The minimum atomic E-state index is -0.164. The van der Waals surface area contributed by atoms with E-state index >= 15 is 0 Å². The number of hydrogen-bond acceptors (Lipinski definition) is 5. The first-order chi connectivity index (χ1) is 18.0. The molecule has 0 spiro atoms. The zero-order valence-corrected chi connectivity index (χ0v) is 22.4. The number of thiocarbonyl (C=S) groups is 1. The quantitative estimate of drug-likeness (QED) is 0.318. The Hall–Kier alpha value is -4.04. The van der Waals surface area contributed by atoms with Gasteiger partial charge in [-0.05, 0) is 86.2 Å². The molecule has 0 aliphatic carbocycles. The highest BCUT2D eigenvalue weighted by molar-refractivity contribution is 7.80. The second kappa shape index (κ2) is 10.1. The molecule has 0 radical (unpaired) electrons. The number of rotatable bonds is 7. The number of hydrogen-bond donors (Lipinski definition) is 1. The van der Waals surface area contributed by atoms with Crippen molar-refractivity contribution < 1.29 is 14.2 Å². The van der Waals surface area contributed by atoms with E-state index in [1.807, 2.05) is 54.7 Å². The Balaban J connectivity index is 1.68. The third kappa shape index (κ3) is 4.38. The highest BCUT2D eigenvalue weighted by atomic mass is 32.1. The van der Waals surface area contributed by atoms with Gasteiger partial charge in [0.25, 0.3) is 0 Å². The van der Waals surface area contributed by atoms with Crippen LogP contribution in [0, 0.1) is 13.8 Å². The summed E-state index contributed by atoms with van der Waals surface area (Å²) < 4.78 is 18.8. The lowest BCUT2D eigenvalue weighted by atomic mass is 9.96. The van der Waals surface area contributed by atoms with E-state index in [0.717, 1.165) is 39.8 Å². The fourth-order valence-electron chi connectivity index (χ4n) is 5.13. The number of ether oxygens (including phenoxy) is 3. The first kappa shape index (κ1) is 24.6. The van der Waals surface area contributed by atoms with Crippen LogP contribution in [0.15, 0.2) is 72.9 Å². The Morgan fingerprint density at radius 3 is 2.24 bits per heavy atom. The number of anilines is 1. The molecule has 1 fully saturated rings. The van der Waals surface area contributed by atoms with E-state index in [0.29, 0.717) is 16.6 Å². The summed E-state index contributed by atoms with van der Waals surface area (Å²) in [7, 11) is 4.98. The Bertz CT molecular complexity index is 1420. The van der Waals surface area contributed by atoms with Gasteiger partial charge in [-0.1, -0.05) is 6.07 Å². The predicted molar refractivity (Wildman–Crippen MR) is 149 cm³/mol. The minimum absolute atomic E-state index is 0.162. The SMILES string of the molecule is COc1ccc(-n2c(C)cc([C@@H]3[C@H](c4ccccn4)NC(=S)N3c3ccc(OC)cc3OC)c2C)cc1. The van der Waals surface area contributed by atoms with Crippen LogP contribution in [0.1, 0.15) is 34.7 Å². The number of aromatic nitrogens is 2. The van der Waals surface area contributed by atoms with Crippen LogP contribution >= 0.6 is 12.2 Å². The first-order valence-electron chi connectivity index (χ1n) is 12.0. The van der Waals surface area contributed by atoms with E-state index in [1.165, 1.54) is 0 Å². The molecule has 0 saturated carbocycles. The monoisotopic (exact) mass is 514 g/mol. The van der Waals surface area contributed by atoms with E-state index in [-0.39, 0.29) is 12.1 Å². The maximum absolute atomic E-state index is 5.93. The molecular weight excluding hydrogens is 484 g/mol. The van der Waals surface area contributed by atoms with Gasteiger partial charge in [0.1, 0.15) is 17.2 Å². The van der Waals surface area contributed by atoms with E-state index in [2.05, 4.69) is 51.8 Å². The molecule has 8 heteroatoms. The van der Waals surface area contributed by atoms with Gasteiger partial charge in [-0.3, -0.25) is 4.98 Å². The topological polar surface area (TPSA) is 60.8 Å². The normalized spacial score (nSPS) is 17.0. The first-order valence-corrected chi connectivity index (χ1v) is 12.4. The standard InChI is InChI=1S/C29H30N4O3S/c1-18-16-23(19(2)32(18)20-9-11-21(34-3)12-10-20)28-27(24-8-6-7-15-30-24)31-29(37)33(28)25-14-13-22(35-4)17-26(25)36-5/h6-17,27-28H,1-5H3,(H,31,37)/t27-,28+/m0/s1. The molecule has 2 aromatic heterocycles. The zero-order chi connectivity index (χ0) is 26.1. The average Bonchev–Trinajstić information content (AvgIpc) is 3.43. The van der Waals surface area contributed by atoms with Crippen LogP contribution in [0.5, 0.6) is 17.2 Å².